The third-order valence-corrected chi connectivity index (χ3v) is 5.36. The number of hydrogen-bond acceptors (Lipinski definition) is 1. The summed E-state index contributed by atoms with van der Waals surface area (Å²) in [4.78, 5) is 12.4. The van der Waals surface area contributed by atoms with Gasteiger partial charge in [-0.15, -0.1) is 0 Å². The van der Waals surface area contributed by atoms with Gasteiger partial charge in [0.25, 0.3) is 5.91 Å². The van der Waals surface area contributed by atoms with Crippen LogP contribution in [-0.4, -0.2) is 5.91 Å². The molecule has 0 aromatic heterocycles. The van der Waals surface area contributed by atoms with E-state index in [0.717, 1.165) is 24.9 Å². The predicted molar refractivity (Wildman–Crippen MR) is 123 cm³/mol. The molecule has 0 aliphatic rings. The van der Waals surface area contributed by atoms with E-state index in [4.69, 9.17) is 0 Å². The normalized spacial score (nSPS) is 10.7. The number of carbonyl (C=O) groups excluding carboxylic acids is 1. The Balaban J connectivity index is 1.52. The van der Waals surface area contributed by atoms with E-state index >= 15 is 0 Å². The van der Waals surface area contributed by atoms with Crippen molar-refractivity contribution in [1.82, 2.24) is 0 Å². The number of benzene rings is 3. The van der Waals surface area contributed by atoms with Crippen molar-refractivity contribution in [2.45, 2.75) is 52.4 Å². The molecule has 0 spiro atoms. The summed E-state index contributed by atoms with van der Waals surface area (Å²) < 4.78 is 0. The van der Waals surface area contributed by atoms with E-state index in [0.29, 0.717) is 5.56 Å². The Morgan fingerprint density at radius 3 is 2.00 bits per heavy atom. The first kappa shape index (κ1) is 20.9. The van der Waals surface area contributed by atoms with Crippen molar-refractivity contribution in [3.05, 3.63) is 101 Å². The van der Waals surface area contributed by atoms with E-state index in [1.807, 2.05) is 43.3 Å². The van der Waals surface area contributed by atoms with Crippen LogP contribution >= 0.6 is 0 Å². The zero-order chi connectivity index (χ0) is 20.5. The first-order valence-electron chi connectivity index (χ1n) is 10.7. The van der Waals surface area contributed by atoms with Crippen LogP contribution < -0.4 is 5.32 Å². The molecule has 0 radical (unpaired) electrons. The molecule has 0 unspecified atom stereocenters. The van der Waals surface area contributed by atoms with Crippen LogP contribution in [0.3, 0.4) is 0 Å². The standard InChI is InChI=1S/C27H31NO/c1-3-4-9-23-10-5-6-11-24(23)12-7-8-22-15-17-25(18-16-22)27(29)28-26-19-13-21(2)14-20-26/h5-6,10-11,13-20H,3-4,7-9,12H2,1-2H3,(H,28,29). The maximum Gasteiger partial charge on any atom is 0.255 e. The van der Waals surface area contributed by atoms with Gasteiger partial charge in [0.15, 0.2) is 0 Å². The van der Waals surface area contributed by atoms with E-state index in [1.165, 1.54) is 41.5 Å². The number of hydrogen-bond donors (Lipinski definition) is 1. The molecule has 0 bridgehead atoms. The highest BCUT2D eigenvalue weighted by atomic mass is 16.1. The molecule has 3 aromatic rings. The third kappa shape index (κ3) is 6.32. The van der Waals surface area contributed by atoms with Crippen molar-refractivity contribution in [1.29, 1.82) is 0 Å². The minimum absolute atomic E-state index is 0.0646. The maximum absolute atomic E-state index is 12.4. The topological polar surface area (TPSA) is 29.1 Å². The van der Waals surface area contributed by atoms with E-state index < -0.39 is 0 Å². The molecule has 0 saturated heterocycles. The van der Waals surface area contributed by atoms with Crippen molar-refractivity contribution in [3.63, 3.8) is 0 Å². The molecule has 3 rings (SSSR count). The molecule has 2 nitrogen and oxygen atoms in total. The van der Waals surface area contributed by atoms with Crippen LogP contribution in [0.2, 0.25) is 0 Å². The van der Waals surface area contributed by atoms with E-state index in [1.54, 1.807) is 0 Å². The minimum Gasteiger partial charge on any atom is -0.322 e. The Labute approximate surface area is 175 Å². The van der Waals surface area contributed by atoms with Gasteiger partial charge in [-0.25, -0.2) is 0 Å². The predicted octanol–water partition coefficient (Wildman–Crippen LogP) is 6.77. The maximum atomic E-state index is 12.4. The molecule has 0 aliphatic carbocycles. The van der Waals surface area contributed by atoms with Crippen molar-refractivity contribution >= 4 is 11.6 Å². The monoisotopic (exact) mass is 385 g/mol. The molecule has 3 aromatic carbocycles. The number of rotatable bonds is 9. The Kier molecular flexibility index (Phi) is 7.63. The molecule has 0 saturated carbocycles. The van der Waals surface area contributed by atoms with Crippen LogP contribution in [0.4, 0.5) is 5.69 Å². The summed E-state index contributed by atoms with van der Waals surface area (Å²) in [6, 6.07) is 24.7. The van der Waals surface area contributed by atoms with Gasteiger partial charge in [0.1, 0.15) is 0 Å². The second kappa shape index (κ2) is 10.6. The van der Waals surface area contributed by atoms with Crippen LogP contribution in [0.1, 0.15) is 58.8 Å². The average molecular weight is 386 g/mol. The first-order valence-corrected chi connectivity index (χ1v) is 10.7. The average Bonchev–Trinajstić information content (AvgIpc) is 2.75. The van der Waals surface area contributed by atoms with Crippen LogP contribution in [0, 0.1) is 6.92 Å². The quantitative estimate of drug-likeness (QED) is 0.433. The fourth-order valence-corrected chi connectivity index (χ4v) is 3.56. The zero-order valence-corrected chi connectivity index (χ0v) is 17.6. The van der Waals surface area contributed by atoms with Crippen molar-refractivity contribution < 1.29 is 4.79 Å². The van der Waals surface area contributed by atoms with Crippen LogP contribution in [0.25, 0.3) is 0 Å². The van der Waals surface area contributed by atoms with Crippen LogP contribution in [0.15, 0.2) is 72.8 Å². The SMILES string of the molecule is CCCCc1ccccc1CCCc1ccc(C(=O)Nc2ccc(C)cc2)cc1. The number of anilines is 1. The molecule has 0 fully saturated rings. The second-order valence-electron chi connectivity index (χ2n) is 7.74. The van der Waals surface area contributed by atoms with Gasteiger partial charge in [0.2, 0.25) is 0 Å². The Hall–Kier alpha value is -2.87. The molecule has 0 atom stereocenters. The molecule has 1 amide bonds. The van der Waals surface area contributed by atoms with Crippen LogP contribution in [-0.2, 0) is 19.3 Å². The molecule has 0 heterocycles. The summed E-state index contributed by atoms with van der Waals surface area (Å²) in [5, 5.41) is 2.95. The highest BCUT2D eigenvalue weighted by Gasteiger charge is 2.07. The highest BCUT2D eigenvalue weighted by molar-refractivity contribution is 6.04. The molecule has 0 aliphatic heterocycles. The second-order valence-corrected chi connectivity index (χ2v) is 7.74. The fraction of sp³-hybridized carbons (Fsp3) is 0.296. The Morgan fingerprint density at radius 1 is 0.759 bits per heavy atom. The molecular formula is C27H31NO. The van der Waals surface area contributed by atoms with Gasteiger partial charge in [-0.3, -0.25) is 4.79 Å². The van der Waals surface area contributed by atoms with Gasteiger partial charge in [0.05, 0.1) is 0 Å². The lowest BCUT2D eigenvalue weighted by Gasteiger charge is -2.10. The lowest BCUT2D eigenvalue weighted by atomic mass is 9.96. The largest absolute Gasteiger partial charge is 0.322 e. The lowest BCUT2D eigenvalue weighted by Crippen LogP contribution is -2.11. The van der Waals surface area contributed by atoms with Gasteiger partial charge in [-0.1, -0.05) is 67.4 Å². The van der Waals surface area contributed by atoms with Crippen LogP contribution in [0.5, 0.6) is 0 Å². The fourth-order valence-electron chi connectivity index (χ4n) is 3.56. The van der Waals surface area contributed by atoms with Crippen molar-refractivity contribution in [2.24, 2.45) is 0 Å². The summed E-state index contributed by atoms with van der Waals surface area (Å²) in [5.41, 5.74) is 6.96. The number of carbonyl (C=O) groups is 1. The summed E-state index contributed by atoms with van der Waals surface area (Å²) in [7, 11) is 0. The number of aryl methyl sites for hydroxylation is 4. The summed E-state index contributed by atoms with van der Waals surface area (Å²) in [5.74, 6) is -0.0646. The minimum atomic E-state index is -0.0646. The van der Waals surface area contributed by atoms with E-state index in [-0.39, 0.29) is 5.91 Å². The van der Waals surface area contributed by atoms with Crippen molar-refractivity contribution in [2.75, 3.05) is 5.32 Å². The summed E-state index contributed by atoms with van der Waals surface area (Å²) in [6.07, 6.45) is 6.92. The Morgan fingerprint density at radius 2 is 1.38 bits per heavy atom. The van der Waals surface area contributed by atoms with Gasteiger partial charge in [0, 0.05) is 11.3 Å². The summed E-state index contributed by atoms with van der Waals surface area (Å²) >= 11 is 0. The number of nitrogens with one attached hydrogen (secondary N) is 1. The highest BCUT2D eigenvalue weighted by Crippen LogP contribution is 2.16. The molecule has 1 N–H and O–H groups in total. The van der Waals surface area contributed by atoms with Gasteiger partial charge < -0.3 is 5.32 Å². The Bertz CT molecular complexity index is 910. The lowest BCUT2D eigenvalue weighted by molar-refractivity contribution is 0.102. The van der Waals surface area contributed by atoms with Gasteiger partial charge >= 0.3 is 0 Å². The zero-order valence-electron chi connectivity index (χ0n) is 17.6. The molecule has 150 valence electrons. The van der Waals surface area contributed by atoms with E-state index in [9.17, 15) is 4.79 Å². The smallest absolute Gasteiger partial charge is 0.255 e. The van der Waals surface area contributed by atoms with Gasteiger partial charge in [-0.05, 0) is 80.0 Å². The van der Waals surface area contributed by atoms with Crippen molar-refractivity contribution in [3.8, 4) is 0 Å². The summed E-state index contributed by atoms with van der Waals surface area (Å²) in [6.45, 7) is 4.28. The van der Waals surface area contributed by atoms with Gasteiger partial charge in [-0.2, -0.15) is 0 Å². The molecular weight excluding hydrogens is 354 g/mol. The third-order valence-electron chi connectivity index (χ3n) is 5.36. The molecule has 2 heteroatoms. The van der Waals surface area contributed by atoms with E-state index in [2.05, 4.69) is 48.6 Å². The first-order chi connectivity index (χ1) is 14.2. The molecule has 29 heavy (non-hydrogen) atoms. The number of unbranched alkanes of at least 4 members (excludes halogenated alkanes) is 1. The number of amides is 1.